The first kappa shape index (κ1) is 25.9. The average molecular weight is 692 g/mol. The van der Waals surface area contributed by atoms with Gasteiger partial charge < -0.3 is 9.38 Å². The summed E-state index contributed by atoms with van der Waals surface area (Å²) in [5, 5.41) is 6.00. The normalized spacial score (nSPS) is 11.1. The molecule has 0 saturated carbocycles. The van der Waals surface area contributed by atoms with Gasteiger partial charge in [0.1, 0.15) is 0 Å². The Morgan fingerprint density at radius 2 is 1.40 bits per heavy atom. The maximum absolute atomic E-state index is 5.03. The van der Waals surface area contributed by atoms with Gasteiger partial charge in [-0.3, -0.25) is 4.98 Å². The van der Waals surface area contributed by atoms with E-state index >= 15 is 0 Å². The van der Waals surface area contributed by atoms with E-state index in [-0.39, 0.29) is 20.1 Å². The van der Waals surface area contributed by atoms with Crippen LogP contribution in [0.4, 0.5) is 0 Å². The van der Waals surface area contributed by atoms with Gasteiger partial charge in [-0.15, -0.1) is 65.5 Å². The van der Waals surface area contributed by atoms with Crippen LogP contribution in [0.2, 0.25) is 0 Å². The molecule has 5 aromatic carbocycles. The van der Waals surface area contributed by atoms with Crippen molar-refractivity contribution in [2.24, 2.45) is 0 Å². The van der Waals surface area contributed by atoms with E-state index in [1.807, 2.05) is 48.5 Å². The third-order valence-corrected chi connectivity index (χ3v) is 7.39. The molecule has 0 saturated heterocycles. The van der Waals surface area contributed by atoms with Crippen molar-refractivity contribution in [3.63, 3.8) is 0 Å². The fourth-order valence-corrected chi connectivity index (χ4v) is 5.30. The van der Waals surface area contributed by atoms with Crippen LogP contribution in [0.15, 0.2) is 115 Å². The van der Waals surface area contributed by atoms with Crippen molar-refractivity contribution in [1.82, 2.24) is 14.4 Å². The SMILES string of the molecule is Cc1cc2c3ccc[c-]c3c3nc4cc5ccccc5cc4n3c2cc1C.[Ir].[c-]1ccccc1-c1ccccn1. The summed E-state index contributed by atoms with van der Waals surface area (Å²) in [6.07, 6.45) is 1.79. The van der Waals surface area contributed by atoms with Gasteiger partial charge in [-0.05, 0) is 71.1 Å². The number of nitrogens with zero attached hydrogens (tertiary/aromatic N) is 3. The summed E-state index contributed by atoms with van der Waals surface area (Å²) < 4.78 is 2.31. The van der Waals surface area contributed by atoms with Gasteiger partial charge in [0.15, 0.2) is 0 Å². The molecule has 3 heterocycles. The molecule has 4 heteroatoms. The van der Waals surface area contributed by atoms with Gasteiger partial charge in [0.05, 0.1) is 16.7 Å². The largest absolute Gasteiger partial charge is 0.333 e. The molecule has 0 fully saturated rings. The zero-order valence-electron chi connectivity index (χ0n) is 22.1. The summed E-state index contributed by atoms with van der Waals surface area (Å²) in [7, 11) is 0. The van der Waals surface area contributed by atoms with Gasteiger partial charge in [0, 0.05) is 31.8 Å². The smallest absolute Gasteiger partial charge is 0.0780 e. The Hall–Kier alpha value is -4.37. The van der Waals surface area contributed by atoms with E-state index in [9.17, 15) is 0 Å². The van der Waals surface area contributed by atoms with Crippen LogP contribution in [0, 0.1) is 26.0 Å². The van der Waals surface area contributed by atoms with E-state index in [0.29, 0.717) is 0 Å². The van der Waals surface area contributed by atoms with Gasteiger partial charge in [-0.1, -0.05) is 47.9 Å². The number of rotatable bonds is 1. The molecule has 8 aromatic rings. The molecule has 0 bridgehead atoms. The standard InChI is InChI=1S/C25H17N2.C11H8N.Ir/c1-15-11-21-19-9-5-6-10-20(19)25-26-22-13-17-7-3-4-8-18(17)14-24(22)27(25)23(21)12-16(15)2;1-2-6-10(7-3-1)11-8-4-5-9-12-11;/h3-9,11-14H,1-2H3;1-6,8-9H;/q2*-1;. The first-order valence-electron chi connectivity index (χ1n) is 13.1. The number of hydrogen-bond donors (Lipinski definition) is 0. The second-order valence-corrected chi connectivity index (χ2v) is 9.86. The summed E-state index contributed by atoms with van der Waals surface area (Å²) in [6.45, 7) is 4.35. The van der Waals surface area contributed by atoms with Crippen LogP contribution in [0.5, 0.6) is 0 Å². The molecule has 0 aliphatic carbocycles. The molecular weight excluding hydrogens is 667 g/mol. The second-order valence-electron chi connectivity index (χ2n) is 9.86. The quantitative estimate of drug-likeness (QED) is 0.127. The van der Waals surface area contributed by atoms with Crippen LogP contribution >= 0.6 is 0 Å². The molecule has 8 rings (SSSR count). The second kappa shape index (κ2) is 10.7. The molecule has 195 valence electrons. The molecule has 0 atom stereocenters. The van der Waals surface area contributed by atoms with Crippen molar-refractivity contribution in [3.8, 4) is 11.3 Å². The number of aromatic nitrogens is 3. The molecule has 0 unspecified atom stereocenters. The number of imidazole rings is 1. The Kier molecular flexibility index (Phi) is 6.89. The summed E-state index contributed by atoms with van der Waals surface area (Å²) in [6, 6.07) is 44.0. The molecule has 0 amide bonds. The van der Waals surface area contributed by atoms with E-state index in [4.69, 9.17) is 4.98 Å². The minimum Gasteiger partial charge on any atom is -0.333 e. The molecular formula is C36H25IrN3-2. The van der Waals surface area contributed by atoms with Crippen LogP contribution in [-0.2, 0) is 20.1 Å². The Balaban J connectivity index is 0.000000188. The molecule has 40 heavy (non-hydrogen) atoms. The number of benzene rings is 5. The van der Waals surface area contributed by atoms with E-state index < -0.39 is 0 Å². The van der Waals surface area contributed by atoms with Crippen LogP contribution in [-0.4, -0.2) is 14.4 Å². The predicted molar refractivity (Wildman–Crippen MR) is 162 cm³/mol. The minimum absolute atomic E-state index is 0. The zero-order valence-corrected chi connectivity index (χ0v) is 24.5. The third kappa shape index (κ3) is 4.46. The van der Waals surface area contributed by atoms with Crippen molar-refractivity contribution in [2.45, 2.75) is 13.8 Å². The molecule has 3 nitrogen and oxygen atoms in total. The Bertz CT molecular complexity index is 2090. The van der Waals surface area contributed by atoms with Gasteiger partial charge in [-0.2, -0.15) is 0 Å². The Morgan fingerprint density at radius 3 is 2.17 bits per heavy atom. The summed E-state index contributed by atoms with van der Waals surface area (Å²) in [4.78, 5) is 9.25. The maximum atomic E-state index is 5.03. The summed E-state index contributed by atoms with van der Waals surface area (Å²) in [5.41, 5.74) is 8.97. The fraction of sp³-hybridized carbons (Fsp3) is 0.0556. The number of fused-ring (bicyclic) bond motifs is 9. The van der Waals surface area contributed by atoms with E-state index in [1.54, 1.807) is 6.20 Å². The first-order valence-corrected chi connectivity index (χ1v) is 13.1. The number of pyridine rings is 2. The molecule has 0 spiro atoms. The van der Waals surface area contributed by atoms with Crippen LogP contribution < -0.4 is 0 Å². The van der Waals surface area contributed by atoms with Crippen LogP contribution in [0.3, 0.4) is 0 Å². The van der Waals surface area contributed by atoms with Crippen molar-refractivity contribution < 1.29 is 20.1 Å². The Labute approximate surface area is 246 Å². The minimum atomic E-state index is 0. The van der Waals surface area contributed by atoms with Gasteiger partial charge >= 0.3 is 0 Å². The fourth-order valence-electron chi connectivity index (χ4n) is 5.30. The predicted octanol–water partition coefficient (Wildman–Crippen LogP) is 8.91. The maximum Gasteiger partial charge on any atom is 0.0780 e. The summed E-state index contributed by atoms with van der Waals surface area (Å²) >= 11 is 0. The van der Waals surface area contributed by atoms with Crippen LogP contribution in [0.1, 0.15) is 11.1 Å². The molecule has 0 aliphatic heterocycles. The van der Waals surface area contributed by atoms with Crippen molar-refractivity contribution in [2.75, 3.05) is 0 Å². The third-order valence-electron chi connectivity index (χ3n) is 7.39. The zero-order chi connectivity index (χ0) is 26.3. The van der Waals surface area contributed by atoms with E-state index in [1.165, 1.54) is 38.2 Å². The average Bonchev–Trinajstić information content (AvgIpc) is 3.37. The van der Waals surface area contributed by atoms with Crippen LogP contribution in [0.25, 0.3) is 60.4 Å². The molecule has 1 radical (unpaired) electrons. The number of hydrogen-bond acceptors (Lipinski definition) is 2. The van der Waals surface area contributed by atoms with E-state index in [0.717, 1.165) is 33.3 Å². The molecule has 0 aliphatic rings. The van der Waals surface area contributed by atoms with Crippen molar-refractivity contribution in [1.29, 1.82) is 0 Å². The molecule has 3 aromatic heterocycles. The Morgan fingerprint density at radius 1 is 0.650 bits per heavy atom. The molecule has 0 N–H and O–H groups in total. The van der Waals surface area contributed by atoms with Gasteiger partial charge in [0.2, 0.25) is 0 Å². The first-order chi connectivity index (χ1) is 19.2. The topological polar surface area (TPSA) is 30.2 Å². The van der Waals surface area contributed by atoms with Gasteiger partial charge in [0.25, 0.3) is 0 Å². The number of aryl methyl sites for hydroxylation is 2. The van der Waals surface area contributed by atoms with Gasteiger partial charge in [-0.25, -0.2) is 0 Å². The summed E-state index contributed by atoms with van der Waals surface area (Å²) in [5.74, 6) is 0. The van der Waals surface area contributed by atoms with Crippen molar-refractivity contribution >= 4 is 49.1 Å². The monoisotopic (exact) mass is 692 g/mol. The van der Waals surface area contributed by atoms with Crippen molar-refractivity contribution in [3.05, 3.63) is 139 Å². The van der Waals surface area contributed by atoms with E-state index in [2.05, 4.69) is 96.0 Å².